The molecule has 1 aliphatic heterocycles. The number of carbonyl (C=O) groups is 4. The highest BCUT2D eigenvalue weighted by molar-refractivity contribution is 6.23. The molecule has 31 heavy (non-hydrogen) atoms. The van der Waals surface area contributed by atoms with Gasteiger partial charge in [0.05, 0.1) is 23.8 Å². The predicted octanol–water partition coefficient (Wildman–Crippen LogP) is 2.86. The molecule has 0 bridgehead atoms. The maximum absolute atomic E-state index is 13.0. The number of nitrogens with one attached hydrogen (secondary N) is 1. The van der Waals surface area contributed by atoms with Crippen LogP contribution in [0.25, 0.3) is 0 Å². The van der Waals surface area contributed by atoms with E-state index in [4.69, 9.17) is 9.47 Å². The molecule has 1 atom stereocenters. The van der Waals surface area contributed by atoms with Crippen molar-refractivity contribution in [3.05, 3.63) is 41.6 Å². The minimum atomic E-state index is -0.891. The maximum Gasteiger partial charge on any atom is 0.306 e. The Morgan fingerprint density at radius 3 is 2.55 bits per heavy atom. The molecule has 0 radical (unpaired) electrons. The van der Waals surface area contributed by atoms with E-state index in [1.807, 2.05) is 0 Å². The Morgan fingerprint density at radius 1 is 1.23 bits per heavy atom. The van der Waals surface area contributed by atoms with Crippen LogP contribution in [0.2, 0.25) is 0 Å². The first kappa shape index (κ1) is 24.1. The van der Waals surface area contributed by atoms with Gasteiger partial charge in [-0.15, -0.1) is 0 Å². The van der Waals surface area contributed by atoms with Gasteiger partial charge in [0.1, 0.15) is 17.6 Å². The number of hydrogen-bond donors (Lipinski definition) is 1. The van der Waals surface area contributed by atoms with E-state index in [1.54, 1.807) is 40.0 Å². The van der Waals surface area contributed by atoms with E-state index in [-0.39, 0.29) is 42.3 Å². The van der Waals surface area contributed by atoms with Crippen LogP contribution in [0.15, 0.2) is 30.5 Å². The third-order valence-corrected chi connectivity index (χ3v) is 4.70. The van der Waals surface area contributed by atoms with Crippen LogP contribution in [-0.4, -0.2) is 54.3 Å². The normalized spacial score (nSPS) is 14.1. The summed E-state index contributed by atoms with van der Waals surface area (Å²) in [5.41, 5.74) is 0.499. The Morgan fingerprint density at radius 2 is 1.94 bits per heavy atom. The number of aldehydes is 1. The quantitative estimate of drug-likeness (QED) is 0.249. The number of carbonyl (C=O) groups excluding carboxylic acids is 4. The lowest BCUT2D eigenvalue weighted by Gasteiger charge is -2.21. The number of imide groups is 1. The van der Waals surface area contributed by atoms with E-state index in [0.29, 0.717) is 24.8 Å². The molecular weight excluding hydrogens is 400 g/mol. The van der Waals surface area contributed by atoms with Gasteiger partial charge in [-0.3, -0.25) is 19.3 Å². The molecule has 2 rings (SSSR count). The van der Waals surface area contributed by atoms with Crippen molar-refractivity contribution in [1.29, 1.82) is 0 Å². The van der Waals surface area contributed by atoms with E-state index >= 15 is 0 Å². The van der Waals surface area contributed by atoms with Crippen molar-refractivity contribution < 1.29 is 28.7 Å². The van der Waals surface area contributed by atoms with Gasteiger partial charge >= 0.3 is 5.97 Å². The number of ether oxygens (including phenoxy) is 2. The van der Waals surface area contributed by atoms with E-state index in [1.165, 1.54) is 6.07 Å². The number of esters is 1. The second kappa shape index (κ2) is 10.2. The molecule has 1 heterocycles. The van der Waals surface area contributed by atoms with Gasteiger partial charge in [0, 0.05) is 19.2 Å². The fourth-order valence-electron chi connectivity index (χ4n) is 3.19. The van der Waals surface area contributed by atoms with Gasteiger partial charge in [0.2, 0.25) is 0 Å². The molecule has 0 saturated carbocycles. The molecule has 0 spiro atoms. The molecule has 1 aliphatic rings. The van der Waals surface area contributed by atoms with E-state index < -0.39 is 23.5 Å². The molecule has 8 heteroatoms. The second-order valence-electron chi connectivity index (χ2n) is 8.29. The first-order chi connectivity index (χ1) is 14.6. The Bertz CT molecular complexity index is 871. The second-order valence-corrected chi connectivity index (χ2v) is 8.29. The van der Waals surface area contributed by atoms with E-state index in [0.717, 1.165) is 4.90 Å². The van der Waals surface area contributed by atoms with E-state index in [9.17, 15) is 19.2 Å². The molecule has 0 saturated heterocycles. The number of allylic oxidation sites excluding steroid dienone is 1. The van der Waals surface area contributed by atoms with E-state index in [2.05, 4.69) is 11.9 Å². The highest BCUT2D eigenvalue weighted by atomic mass is 16.6. The Hall–Kier alpha value is -3.16. The Labute approximate surface area is 182 Å². The standard InChI is InChI=1S/C23H30N2O6/c1-15(24-5)11-12-16(14-26)25-21(28)17-8-6-9-18(20(17)22(25)29)30-13-7-10-19(27)31-23(2,3)4/h6,8-9,14,16,24H,1,7,10-13H2,2-5H3. The molecule has 2 amide bonds. The monoisotopic (exact) mass is 430 g/mol. The first-order valence-electron chi connectivity index (χ1n) is 10.3. The summed E-state index contributed by atoms with van der Waals surface area (Å²) in [6, 6.07) is 3.87. The van der Waals surface area contributed by atoms with Gasteiger partial charge in [-0.2, -0.15) is 0 Å². The van der Waals surface area contributed by atoms with Gasteiger partial charge in [0.15, 0.2) is 0 Å². The first-order valence-corrected chi connectivity index (χ1v) is 10.3. The molecule has 1 N–H and O–H groups in total. The summed E-state index contributed by atoms with van der Waals surface area (Å²) >= 11 is 0. The van der Waals surface area contributed by atoms with Crippen molar-refractivity contribution in [1.82, 2.24) is 10.2 Å². The number of nitrogens with zero attached hydrogens (tertiary/aromatic N) is 1. The van der Waals surface area contributed by atoms with Crippen LogP contribution in [0.4, 0.5) is 0 Å². The molecule has 8 nitrogen and oxygen atoms in total. The SMILES string of the molecule is C=C(CCC(C=O)N1C(=O)c2cccc(OCCCC(=O)OC(C)(C)C)c2C1=O)NC. The van der Waals surface area contributed by atoms with Crippen molar-refractivity contribution in [2.24, 2.45) is 0 Å². The molecule has 1 aromatic rings. The van der Waals surface area contributed by atoms with Crippen LogP contribution >= 0.6 is 0 Å². The maximum atomic E-state index is 13.0. The van der Waals surface area contributed by atoms with Gasteiger partial charge in [0.25, 0.3) is 11.8 Å². The molecule has 1 unspecified atom stereocenters. The van der Waals surface area contributed by atoms with Gasteiger partial charge in [-0.1, -0.05) is 12.6 Å². The fraction of sp³-hybridized carbons (Fsp3) is 0.478. The minimum absolute atomic E-state index is 0.143. The largest absolute Gasteiger partial charge is 0.493 e. The summed E-state index contributed by atoms with van der Waals surface area (Å²) < 4.78 is 11.0. The summed E-state index contributed by atoms with van der Waals surface area (Å²) in [5, 5.41) is 2.88. The van der Waals surface area contributed by atoms with Gasteiger partial charge in [-0.25, -0.2) is 0 Å². The van der Waals surface area contributed by atoms with Crippen LogP contribution < -0.4 is 10.1 Å². The van der Waals surface area contributed by atoms with Crippen molar-refractivity contribution in [2.45, 2.75) is 58.1 Å². The fourth-order valence-corrected chi connectivity index (χ4v) is 3.19. The van der Waals surface area contributed by atoms with Gasteiger partial charge in [-0.05, 0) is 52.2 Å². The summed E-state index contributed by atoms with van der Waals surface area (Å²) in [6.07, 6.45) is 1.90. The lowest BCUT2D eigenvalue weighted by atomic mass is 10.1. The lowest BCUT2D eigenvalue weighted by molar-refractivity contribution is -0.155. The summed E-state index contributed by atoms with van der Waals surface area (Å²) in [5.74, 6) is -1.16. The number of benzene rings is 1. The minimum Gasteiger partial charge on any atom is -0.493 e. The van der Waals surface area contributed by atoms with Crippen LogP contribution in [0.1, 0.15) is 67.2 Å². The molecule has 168 valence electrons. The molecule has 0 aliphatic carbocycles. The molecule has 0 fully saturated rings. The highest BCUT2D eigenvalue weighted by Gasteiger charge is 2.41. The summed E-state index contributed by atoms with van der Waals surface area (Å²) in [6.45, 7) is 9.37. The predicted molar refractivity (Wildman–Crippen MR) is 115 cm³/mol. The highest BCUT2D eigenvalue weighted by Crippen LogP contribution is 2.33. The zero-order valence-corrected chi connectivity index (χ0v) is 18.5. The molecular formula is C23H30N2O6. The number of amides is 2. The zero-order chi connectivity index (χ0) is 23.2. The third kappa shape index (κ3) is 6.16. The average molecular weight is 431 g/mol. The number of rotatable bonds is 11. The van der Waals surface area contributed by atoms with Crippen molar-refractivity contribution >= 4 is 24.1 Å². The topological polar surface area (TPSA) is 102 Å². The Kier molecular flexibility index (Phi) is 7.96. The summed E-state index contributed by atoms with van der Waals surface area (Å²) in [4.78, 5) is 50.2. The van der Waals surface area contributed by atoms with Crippen molar-refractivity contribution in [3.8, 4) is 5.75 Å². The van der Waals surface area contributed by atoms with Crippen LogP contribution in [-0.2, 0) is 14.3 Å². The molecule has 1 aromatic carbocycles. The van der Waals surface area contributed by atoms with Crippen LogP contribution in [0.5, 0.6) is 5.75 Å². The zero-order valence-electron chi connectivity index (χ0n) is 18.5. The van der Waals surface area contributed by atoms with Crippen LogP contribution in [0, 0.1) is 0 Å². The third-order valence-electron chi connectivity index (χ3n) is 4.70. The lowest BCUT2D eigenvalue weighted by Crippen LogP contribution is -2.41. The number of fused-ring (bicyclic) bond motifs is 1. The Balaban J connectivity index is 2.06. The average Bonchev–Trinajstić information content (AvgIpc) is 2.96. The number of hydrogen-bond acceptors (Lipinski definition) is 7. The van der Waals surface area contributed by atoms with Crippen molar-refractivity contribution in [2.75, 3.05) is 13.7 Å². The summed E-state index contributed by atoms with van der Waals surface area (Å²) in [7, 11) is 1.71. The van der Waals surface area contributed by atoms with Crippen molar-refractivity contribution in [3.63, 3.8) is 0 Å². The molecule has 0 aromatic heterocycles. The van der Waals surface area contributed by atoms with Gasteiger partial charge < -0.3 is 19.6 Å². The van der Waals surface area contributed by atoms with Crippen LogP contribution in [0.3, 0.4) is 0 Å². The smallest absolute Gasteiger partial charge is 0.306 e.